The smallest absolute Gasteiger partial charge is 0.261 e. The lowest BCUT2D eigenvalue weighted by atomic mass is 10.0. The largest absolute Gasteiger partial charge is 0.367 e. The Morgan fingerprint density at radius 2 is 1.90 bits per heavy atom. The summed E-state index contributed by atoms with van der Waals surface area (Å²) in [5.41, 5.74) is 2.75. The van der Waals surface area contributed by atoms with Crippen LogP contribution in [0.2, 0.25) is 5.02 Å². The van der Waals surface area contributed by atoms with Gasteiger partial charge in [-0.3, -0.25) is 9.36 Å². The molecule has 150 valence electrons. The number of benzene rings is 2. The summed E-state index contributed by atoms with van der Waals surface area (Å²) < 4.78 is 1.75. The van der Waals surface area contributed by atoms with Crippen molar-refractivity contribution in [3.05, 3.63) is 57.8 Å². The topological polar surface area (TPSA) is 41.4 Å². The normalized spacial score (nSPS) is 21.5. The van der Waals surface area contributed by atoms with Crippen LogP contribution in [-0.2, 0) is 6.54 Å². The lowest BCUT2D eigenvalue weighted by Crippen LogP contribution is -2.38. The van der Waals surface area contributed by atoms with Crippen LogP contribution in [-0.4, -0.2) is 46.7 Å². The molecule has 0 atom stereocenters. The number of halogens is 1. The van der Waals surface area contributed by atoms with E-state index in [1.165, 1.54) is 25.9 Å². The molecule has 1 aromatic heterocycles. The molecule has 0 unspecified atom stereocenters. The van der Waals surface area contributed by atoms with Crippen molar-refractivity contribution in [3.8, 4) is 11.4 Å². The maximum Gasteiger partial charge on any atom is 0.261 e. The van der Waals surface area contributed by atoms with Crippen molar-refractivity contribution in [2.24, 2.45) is 0 Å². The minimum Gasteiger partial charge on any atom is -0.367 e. The first-order valence-corrected chi connectivity index (χ1v) is 10.8. The molecule has 5 nitrogen and oxygen atoms in total. The predicted octanol–water partition coefficient (Wildman–Crippen LogP) is 4.02. The van der Waals surface area contributed by atoms with Crippen molar-refractivity contribution in [2.75, 3.05) is 31.1 Å². The average molecular weight is 409 g/mol. The monoisotopic (exact) mass is 408 g/mol. The van der Waals surface area contributed by atoms with Gasteiger partial charge < -0.3 is 9.80 Å². The van der Waals surface area contributed by atoms with Crippen molar-refractivity contribution in [2.45, 2.75) is 32.4 Å². The van der Waals surface area contributed by atoms with E-state index >= 15 is 0 Å². The number of anilines is 1. The van der Waals surface area contributed by atoms with Crippen molar-refractivity contribution in [3.63, 3.8) is 0 Å². The highest BCUT2D eigenvalue weighted by Gasteiger charge is 2.29. The first kappa shape index (κ1) is 18.6. The molecule has 3 aliphatic heterocycles. The fraction of sp³-hybridized carbons (Fsp3) is 0.391. The second-order valence-electron chi connectivity index (χ2n) is 7.96. The summed E-state index contributed by atoms with van der Waals surface area (Å²) in [7, 11) is 0. The van der Waals surface area contributed by atoms with Gasteiger partial charge in [-0.05, 0) is 50.1 Å². The molecule has 0 saturated carbocycles. The average Bonchev–Trinajstić information content (AvgIpc) is 3.07. The van der Waals surface area contributed by atoms with E-state index < -0.39 is 0 Å². The maximum atomic E-state index is 13.4. The van der Waals surface area contributed by atoms with E-state index in [2.05, 4.69) is 15.9 Å². The molecule has 6 heteroatoms. The molecule has 4 heterocycles. The number of hydrogen-bond acceptors (Lipinski definition) is 4. The van der Waals surface area contributed by atoms with Crippen LogP contribution >= 0.6 is 11.6 Å². The van der Waals surface area contributed by atoms with Crippen LogP contribution in [0.1, 0.15) is 19.8 Å². The van der Waals surface area contributed by atoms with Crippen LogP contribution in [0, 0.1) is 0 Å². The summed E-state index contributed by atoms with van der Waals surface area (Å²) in [5, 5.41) is 1.33. The first-order valence-electron chi connectivity index (χ1n) is 10.4. The Bertz CT molecular complexity index is 1120. The fourth-order valence-corrected chi connectivity index (χ4v) is 4.95. The van der Waals surface area contributed by atoms with E-state index in [-0.39, 0.29) is 5.56 Å². The zero-order valence-electron chi connectivity index (χ0n) is 16.6. The standard InChI is InChI=1S/C23H25ClN4O/c1-2-27-22(16-4-3-5-17(24)14-16)25-21-7-6-19(15-20(21)23(27)29)28-13-12-26-10-8-18(28)9-11-26/h3-7,14-15,18H,2,8-13H2,1H3. The molecule has 3 fully saturated rings. The molecule has 0 N–H and O–H groups in total. The molecular weight excluding hydrogens is 384 g/mol. The summed E-state index contributed by atoms with van der Waals surface area (Å²) in [4.78, 5) is 23.2. The van der Waals surface area contributed by atoms with Crippen LogP contribution in [0.4, 0.5) is 5.69 Å². The van der Waals surface area contributed by atoms with Gasteiger partial charge in [0, 0.05) is 55.0 Å². The highest BCUT2D eigenvalue weighted by Crippen LogP contribution is 2.29. The third-order valence-electron chi connectivity index (χ3n) is 6.32. The Morgan fingerprint density at radius 1 is 1.07 bits per heavy atom. The van der Waals surface area contributed by atoms with Crippen LogP contribution in [0.25, 0.3) is 22.3 Å². The highest BCUT2D eigenvalue weighted by atomic mass is 35.5. The zero-order valence-corrected chi connectivity index (χ0v) is 17.4. The van der Waals surface area contributed by atoms with Gasteiger partial charge >= 0.3 is 0 Å². The quantitative estimate of drug-likeness (QED) is 0.656. The summed E-state index contributed by atoms with van der Waals surface area (Å²) in [6, 6.07) is 14.3. The Hall–Kier alpha value is -2.37. The third-order valence-corrected chi connectivity index (χ3v) is 6.56. The molecule has 3 aliphatic rings. The van der Waals surface area contributed by atoms with E-state index in [4.69, 9.17) is 16.6 Å². The lowest BCUT2D eigenvalue weighted by molar-refractivity contribution is 0.250. The maximum absolute atomic E-state index is 13.4. The van der Waals surface area contributed by atoms with Crippen LogP contribution in [0.5, 0.6) is 0 Å². The second-order valence-corrected chi connectivity index (χ2v) is 8.40. The third kappa shape index (κ3) is 3.32. The van der Waals surface area contributed by atoms with E-state index in [9.17, 15) is 4.79 Å². The lowest BCUT2D eigenvalue weighted by Gasteiger charge is -2.33. The van der Waals surface area contributed by atoms with Crippen molar-refractivity contribution in [1.29, 1.82) is 0 Å². The van der Waals surface area contributed by atoms with Gasteiger partial charge in [-0.2, -0.15) is 0 Å². The van der Waals surface area contributed by atoms with Gasteiger partial charge in [0.05, 0.1) is 10.9 Å². The number of rotatable bonds is 3. The number of aromatic nitrogens is 2. The van der Waals surface area contributed by atoms with Gasteiger partial charge in [0.25, 0.3) is 5.56 Å². The van der Waals surface area contributed by atoms with E-state index in [1.54, 1.807) is 4.57 Å². The minimum atomic E-state index is 0.0113. The summed E-state index contributed by atoms with van der Waals surface area (Å²) >= 11 is 6.18. The molecule has 6 rings (SSSR count). The molecule has 0 radical (unpaired) electrons. The molecule has 0 amide bonds. The van der Waals surface area contributed by atoms with E-state index in [0.29, 0.717) is 28.8 Å². The van der Waals surface area contributed by atoms with E-state index in [1.807, 2.05) is 43.3 Å². The molecule has 2 bridgehead atoms. The molecule has 3 saturated heterocycles. The molecule has 2 aromatic carbocycles. The van der Waals surface area contributed by atoms with E-state index in [0.717, 1.165) is 29.9 Å². The second kappa shape index (κ2) is 7.47. The van der Waals surface area contributed by atoms with Gasteiger partial charge in [0.2, 0.25) is 0 Å². The number of hydrogen-bond donors (Lipinski definition) is 0. The molecule has 3 aromatic rings. The zero-order chi connectivity index (χ0) is 20.0. The van der Waals surface area contributed by atoms with Crippen LogP contribution < -0.4 is 10.5 Å². The number of nitrogens with zero attached hydrogens (tertiary/aromatic N) is 4. The Labute approximate surface area is 175 Å². The SMILES string of the molecule is CCn1c(-c2cccc(Cl)c2)nc2ccc(N3CCN4CCC3CC4)cc2c1=O. The van der Waals surface area contributed by atoms with Crippen LogP contribution in [0.15, 0.2) is 47.3 Å². The fourth-order valence-electron chi connectivity index (χ4n) is 4.76. The van der Waals surface area contributed by atoms with Gasteiger partial charge in [0.15, 0.2) is 0 Å². The van der Waals surface area contributed by atoms with Gasteiger partial charge in [-0.15, -0.1) is 0 Å². The Balaban J connectivity index is 1.63. The van der Waals surface area contributed by atoms with Crippen molar-refractivity contribution < 1.29 is 0 Å². The van der Waals surface area contributed by atoms with Crippen molar-refractivity contribution in [1.82, 2.24) is 14.5 Å². The summed E-state index contributed by atoms with van der Waals surface area (Å²) in [5.74, 6) is 0.668. The summed E-state index contributed by atoms with van der Waals surface area (Å²) in [6.07, 6.45) is 2.40. The summed E-state index contributed by atoms with van der Waals surface area (Å²) in [6.45, 7) is 7.03. The molecule has 29 heavy (non-hydrogen) atoms. The predicted molar refractivity (Wildman–Crippen MR) is 119 cm³/mol. The molecule has 0 aliphatic carbocycles. The molecular formula is C23H25ClN4O. The Morgan fingerprint density at radius 3 is 2.66 bits per heavy atom. The molecule has 0 spiro atoms. The first-order chi connectivity index (χ1) is 14.1. The number of fused-ring (bicyclic) bond motifs is 5. The highest BCUT2D eigenvalue weighted by molar-refractivity contribution is 6.30. The van der Waals surface area contributed by atoms with Crippen LogP contribution in [0.3, 0.4) is 0 Å². The Kier molecular flexibility index (Phi) is 4.80. The van der Waals surface area contributed by atoms with Gasteiger partial charge in [-0.25, -0.2) is 4.98 Å². The number of piperidine rings is 1. The van der Waals surface area contributed by atoms with Crippen molar-refractivity contribution >= 4 is 28.2 Å². The van der Waals surface area contributed by atoms with Gasteiger partial charge in [0.1, 0.15) is 5.82 Å². The van der Waals surface area contributed by atoms with Gasteiger partial charge in [-0.1, -0.05) is 23.7 Å². The minimum absolute atomic E-state index is 0.0113.